The minimum Gasteiger partial charge on any atom is -0.241 e. The first-order valence-corrected chi connectivity index (χ1v) is 2.60. The van der Waals surface area contributed by atoms with E-state index in [-0.39, 0.29) is 0 Å². The fourth-order valence-electron chi connectivity index (χ4n) is 0.505. The lowest BCUT2D eigenvalue weighted by Crippen LogP contribution is -1.88. The Kier molecular flexibility index (Phi) is 1.72. The van der Waals surface area contributed by atoms with E-state index in [0.29, 0.717) is 5.69 Å². The van der Waals surface area contributed by atoms with Crippen molar-refractivity contribution < 1.29 is 4.39 Å². The predicted octanol–water partition coefficient (Wildman–Crippen LogP) is 1.19. The van der Waals surface area contributed by atoms with Gasteiger partial charge in [-0.05, 0) is 0 Å². The van der Waals surface area contributed by atoms with Crippen LogP contribution in [0.25, 0.3) is 0 Å². The zero-order chi connectivity index (χ0) is 6.69. The van der Waals surface area contributed by atoms with Crippen LogP contribution >= 0.6 is 0 Å². The van der Waals surface area contributed by atoms with Crippen LogP contribution < -0.4 is 0 Å². The lowest BCUT2D eigenvalue weighted by molar-refractivity contribution is 0.577. The van der Waals surface area contributed by atoms with Gasteiger partial charge in [-0.1, -0.05) is 6.92 Å². The van der Waals surface area contributed by atoms with Gasteiger partial charge in [-0.25, -0.2) is 9.97 Å². The second-order valence-electron chi connectivity index (χ2n) is 1.55. The van der Waals surface area contributed by atoms with Gasteiger partial charge >= 0.3 is 0 Å². The van der Waals surface area contributed by atoms with Gasteiger partial charge in [-0.3, -0.25) is 0 Å². The van der Waals surface area contributed by atoms with E-state index in [2.05, 4.69) is 9.97 Å². The summed E-state index contributed by atoms with van der Waals surface area (Å²) in [6.07, 6.45) is 2.91. The SMILES string of the molecule is C[CH]c1cc(F)ncn1. The minimum absolute atomic E-state index is 0.488. The third-order valence-corrected chi connectivity index (χ3v) is 0.951. The monoisotopic (exact) mass is 125 g/mol. The standard InChI is InChI=1S/C6H6FN2/c1-2-5-3-6(7)9-4-8-5/h2-4H,1H3. The molecule has 0 N–H and O–H groups in total. The van der Waals surface area contributed by atoms with Gasteiger partial charge < -0.3 is 0 Å². The molecule has 0 unspecified atom stereocenters. The molecule has 0 aliphatic rings. The van der Waals surface area contributed by atoms with Crippen LogP contribution in [0.4, 0.5) is 4.39 Å². The van der Waals surface area contributed by atoms with Gasteiger partial charge in [0.2, 0.25) is 5.95 Å². The molecule has 0 saturated heterocycles. The number of aromatic nitrogens is 2. The summed E-state index contributed by atoms with van der Waals surface area (Å²) in [6, 6.07) is 1.28. The van der Waals surface area contributed by atoms with Crippen molar-refractivity contribution in [3.05, 3.63) is 30.5 Å². The van der Waals surface area contributed by atoms with Crippen molar-refractivity contribution in [3.63, 3.8) is 0 Å². The van der Waals surface area contributed by atoms with E-state index < -0.39 is 5.95 Å². The molecule has 0 spiro atoms. The van der Waals surface area contributed by atoms with E-state index in [1.807, 2.05) is 0 Å². The highest BCUT2D eigenvalue weighted by molar-refractivity contribution is 5.08. The van der Waals surface area contributed by atoms with Crippen molar-refractivity contribution in [1.29, 1.82) is 0 Å². The van der Waals surface area contributed by atoms with Crippen LogP contribution in [0.3, 0.4) is 0 Å². The molecular formula is C6H6FN2. The molecule has 0 saturated carbocycles. The van der Waals surface area contributed by atoms with Crippen molar-refractivity contribution in [1.82, 2.24) is 9.97 Å². The highest BCUT2D eigenvalue weighted by Crippen LogP contribution is 1.96. The van der Waals surface area contributed by atoms with E-state index in [1.54, 1.807) is 13.3 Å². The Morgan fingerprint density at radius 1 is 1.56 bits per heavy atom. The zero-order valence-corrected chi connectivity index (χ0v) is 5.00. The average molecular weight is 125 g/mol. The van der Waals surface area contributed by atoms with Crippen molar-refractivity contribution in [2.24, 2.45) is 0 Å². The van der Waals surface area contributed by atoms with Crippen LogP contribution in [0.15, 0.2) is 12.4 Å². The van der Waals surface area contributed by atoms with E-state index in [9.17, 15) is 4.39 Å². The topological polar surface area (TPSA) is 25.8 Å². The molecule has 0 aliphatic heterocycles. The third kappa shape index (κ3) is 1.45. The number of hydrogen-bond donors (Lipinski definition) is 0. The normalized spacial score (nSPS) is 9.56. The Labute approximate surface area is 52.8 Å². The largest absolute Gasteiger partial charge is 0.241 e. The van der Waals surface area contributed by atoms with Gasteiger partial charge in [0.15, 0.2) is 0 Å². The Hall–Kier alpha value is -0.990. The third-order valence-electron chi connectivity index (χ3n) is 0.951. The molecule has 1 radical (unpaired) electrons. The van der Waals surface area contributed by atoms with Crippen LogP contribution in [0.1, 0.15) is 12.6 Å². The molecular weight excluding hydrogens is 119 g/mol. The van der Waals surface area contributed by atoms with Crippen molar-refractivity contribution in [2.75, 3.05) is 0 Å². The van der Waals surface area contributed by atoms with Crippen molar-refractivity contribution in [2.45, 2.75) is 6.92 Å². The Bertz CT molecular complexity index is 200. The molecule has 0 fully saturated rings. The van der Waals surface area contributed by atoms with Crippen LogP contribution in [0.5, 0.6) is 0 Å². The molecule has 0 atom stereocenters. The number of halogens is 1. The van der Waals surface area contributed by atoms with Gasteiger partial charge in [0.05, 0.1) is 5.69 Å². The van der Waals surface area contributed by atoms with Crippen LogP contribution in [-0.4, -0.2) is 9.97 Å². The van der Waals surface area contributed by atoms with E-state index in [0.717, 1.165) is 0 Å². The summed E-state index contributed by atoms with van der Waals surface area (Å²) < 4.78 is 12.2. The maximum Gasteiger partial charge on any atom is 0.216 e. The summed E-state index contributed by atoms with van der Waals surface area (Å²) in [4.78, 5) is 7.04. The highest BCUT2D eigenvalue weighted by atomic mass is 19.1. The summed E-state index contributed by atoms with van der Waals surface area (Å²) in [5.74, 6) is -0.488. The quantitative estimate of drug-likeness (QED) is 0.527. The second kappa shape index (κ2) is 2.53. The molecule has 0 amide bonds. The summed E-state index contributed by atoms with van der Waals surface area (Å²) in [5.41, 5.74) is 0.613. The van der Waals surface area contributed by atoms with Gasteiger partial charge in [-0.2, -0.15) is 4.39 Å². The van der Waals surface area contributed by atoms with Gasteiger partial charge in [0.25, 0.3) is 0 Å². The van der Waals surface area contributed by atoms with Gasteiger partial charge in [0.1, 0.15) is 6.33 Å². The Morgan fingerprint density at radius 3 is 2.78 bits per heavy atom. The number of hydrogen-bond acceptors (Lipinski definition) is 2. The molecule has 1 heterocycles. The fraction of sp³-hybridized carbons (Fsp3) is 0.167. The summed E-state index contributed by atoms with van der Waals surface area (Å²) in [6.45, 7) is 1.79. The zero-order valence-electron chi connectivity index (χ0n) is 5.00. The summed E-state index contributed by atoms with van der Waals surface area (Å²) >= 11 is 0. The Balaban J connectivity index is 2.94. The predicted molar refractivity (Wildman–Crippen MR) is 31.1 cm³/mol. The van der Waals surface area contributed by atoms with Gasteiger partial charge in [0, 0.05) is 12.5 Å². The first kappa shape index (κ1) is 6.13. The lowest BCUT2D eigenvalue weighted by atomic mass is 10.3. The van der Waals surface area contributed by atoms with E-state index in [1.165, 1.54) is 12.4 Å². The van der Waals surface area contributed by atoms with Crippen molar-refractivity contribution >= 4 is 0 Å². The summed E-state index contributed by atoms with van der Waals surface area (Å²) in [7, 11) is 0. The smallest absolute Gasteiger partial charge is 0.216 e. The molecule has 2 nitrogen and oxygen atoms in total. The summed E-state index contributed by atoms with van der Waals surface area (Å²) in [5, 5.41) is 0. The van der Waals surface area contributed by atoms with Crippen molar-refractivity contribution in [3.8, 4) is 0 Å². The molecule has 1 aromatic rings. The Morgan fingerprint density at radius 2 is 2.33 bits per heavy atom. The van der Waals surface area contributed by atoms with E-state index in [4.69, 9.17) is 0 Å². The maximum absolute atomic E-state index is 12.2. The molecule has 1 aromatic heterocycles. The molecule has 0 aliphatic carbocycles. The first-order chi connectivity index (χ1) is 4.33. The number of rotatable bonds is 1. The fourth-order valence-corrected chi connectivity index (χ4v) is 0.505. The van der Waals surface area contributed by atoms with Crippen LogP contribution in [0.2, 0.25) is 0 Å². The lowest BCUT2D eigenvalue weighted by Gasteiger charge is -1.90. The molecule has 9 heavy (non-hydrogen) atoms. The van der Waals surface area contributed by atoms with Crippen LogP contribution in [0, 0.1) is 12.4 Å². The van der Waals surface area contributed by atoms with Gasteiger partial charge in [-0.15, -0.1) is 0 Å². The minimum atomic E-state index is -0.488. The van der Waals surface area contributed by atoms with Crippen LogP contribution in [-0.2, 0) is 0 Å². The molecule has 0 bridgehead atoms. The molecule has 1 rings (SSSR count). The number of nitrogens with zero attached hydrogens (tertiary/aromatic N) is 2. The highest BCUT2D eigenvalue weighted by Gasteiger charge is 1.92. The maximum atomic E-state index is 12.2. The van der Waals surface area contributed by atoms with E-state index >= 15 is 0 Å². The second-order valence-corrected chi connectivity index (χ2v) is 1.55. The molecule has 47 valence electrons. The molecule has 0 aromatic carbocycles. The average Bonchev–Trinajstić information content (AvgIpc) is 1.88. The first-order valence-electron chi connectivity index (χ1n) is 2.60. The molecule has 3 heteroatoms.